The minimum atomic E-state index is -1.03. The number of amides is 1. The molecule has 7 heteroatoms. The van der Waals surface area contributed by atoms with Crippen LogP contribution in [0.1, 0.15) is 30.9 Å². The molecule has 0 bridgehead atoms. The van der Waals surface area contributed by atoms with Gasteiger partial charge in [-0.15, -0.1) is 0 Å². The van der Waals surface area contributed by atoms with E-state index in [4.69, 9.17) is 19.3 Å². The molecule has 1 amide bonds. The van der Waals surface area contributed by atoms with E-state index in [1.54, 1.807) is 7.11 Å². The van der Waals surface area contributed by atoms with E-state index < -0.39 is 18.2 Å². The molecule has 2 aliphatic rings. The Kier molecular flexibility index (Phi) is 4.62. The third-order valence-electron chi connectivity index (χ3n) is 4.34. The molecular weight excluding hydrogens is 314 g/mol. The first-order valence-corrected chi connectivity index (χ1v) is 8.00. The number of carbonyl (C=O) groups excluding carboxylic acids is 1. The molecule has 1 aromatic rings. The first kappa shape index (κ1) is 16.6. The number of nitrogens with one attached hydrogen (secondary N) is 1. The highest BCUT2D eigenvalue weighted by atomic mass is 16.5. The Bertz CT molecular complexity index is 659. The highest BCUT2D eigenvalue weighted by Gasteiger charge is 2.34. The Morgan fingerprint density at radius 1 is 1.33 bits per heavy atom. The van der Waals surface area contributed by atoms with Crippen molar-refractivity contribution in [1.29, 1.82) is 0 Å². The fourth-order valence-corrected chi connectivity index (χ4v) is 3.12. The van der Waals surface area contributed by atoms with Crippen molar-refractivity contribution in [3.63, 3.8) is 0 Å². The monoisotopic (exact) mass is 335 g/mol. The van der Waals surface area contributed by atoms with Crippen molar-refractivity contribution in [2.24, 2.45) is 0 Å². The number of aliphatic carboxylic acids is 1. The van der Waals surface area contributed by atoms with E-state index in [2.05, 4.69) is 5.32 Å². The normalized spacial score (nSPS) is 25.0. The van der Waals surface area contributed by atoms with Crippen molar-refractivity contribution >= 4 is 11.9 Å². The molecule has 1 saturated heterocycles. The second-order valence-electron chi connectivity index (χ2n) is 6.15. The Balaban J connectivity index is 1.63. The molecule has 24 heavy (non-hydrogen) atoms. The van der Waals surface area contributed by atoms with Crippen LogP contribution in [0.4, 0.5) is 0 Å². The first-order chi connectivity index (χ1) is 11.5. The standard InChI is InChI=1S/C17H21NO6/c1-9-5-10-6-14(22-2)11(7-15(10)23-9)8-18-16(19)12-3-4-13(24-12)17(20)21/h6-7,9,12-13H,3-5,8H2,1-2H3,(H,18,19)(H,20,21)/t9?,12-,13+/m0/s1. The molecule has 1 aromatic carbocycles. The summed E-state index contributed by atoms with van der Waals surface area (Å²) in [6, 6.07) is 3.82. The summed E-state index contributed by atoms with van der Waals surface area (Å²) in [6.07, 6.45) is 0.110. The molecule has 1 unspecified atom stereocenters. The van der Waals surface area contributed by atoms with Gasteiger partial charge in [0.25, 0.3) is 0 Å². The van der Waals surface area contributed by atoms with E-state index in [-0.39, 0.29) is 18.6 Å². The molecule has 1 fully saturated rings. The van der Waals surface area contributed by atoms with Crippen LogP contribution < -0.4 is 14.8 Å². The number of carbonyl (C=O) groups is 2. The van der Waals surface area contributed by atoms with E-state index in [9.17, 15) is 9.59 Å². The highest BCUT2D eigenvalue weighted by Crippen LogP contribution is 2.35. The molecule has 0 saturated carbocycles. The van der Waals surface area contributed by atoms with Gasteiger partial charge in [0.1, 0.15) is 23.7 Å². The third kappa shape index (κ3) is 3.31. The number of rotatable bonds is 5. The maximum atomic E-state index is 12.2. The fraction of sp³-hybridized carbons (Fsp3) is 0.529. The Labute approximate surface area is 139 Å². The summed E-state index contributed by atoms with van der Waals surface area (Å²) in [6.45, 7) is 2.27. The van der Waals surface area contributed by atoms with Crippen LogP contribution in [0.3, 0.4) is 0 Å². The SMILES string of the molecule is COc1cc2c(cc1CNC(=O)[C@@H]1CC[C@H](C(=O)O)O1)OC(C)C2. The zero-order valence-corrected chi connectivity index (χ0v) is 13.7. The van der Waals surface area contributed by atoms with E-state index in [1.807, 2.05) is 19.1 Å². The summed E-state index contributed by atoms with van der Waals surface area (Å²) in [5.41, 5.74) is 1.91. The molecule has 0 aromatic heterocycles. The Hall–Kier alpha value is -2.28. The topological polar surface area (TPSA) is 94.1 Å². The van der Waals surface area contributed by atoms with E-state index >= 15 is 0 Å². The van der Waals surface area contributed by atoms with Gasteiger partial charge in [-0.2, -0.15) is 0 Å². The summed E-state index contributed by atoms with van der Waals surface area (Å²) in [5, 5.41) is 11.7. The average Bonchev–Trinajstić information content (AvgIpc) is 3.17. The van der Waals surface area contributed by atoms with Gasteiger partial charge in [-0.05, 0) is 31.9 Å². The minimum absolute atomic E-state index is 0.134. The van der Waals surface area contributed by atoms with Crippen LogP contribution in [0, 0.1) is 0 Å². The lowest BCUT2D eigenvalue weighted by molar-refractivity contribution is -0.151. The fourth-order valence-electron chi connectivity index (χ4n) is 3.12. The zero-order chi connectivity index (χ0) is 17.3. The summed E-state index contributed by atoms with van der Waals surface area (Å²) < 4.78 is 16.4. The van der Waals surface area contributed by atoms with Crippen LogP contribution in [0.15, 0.2) is 12.1 Å². The minimum Gasteiger partial charge on any atom is -0.496 e. The smallest absolute Gasteiger partial charge is 0.332 e. The van der Waals surface area contributed by atoms with Crippen LogP contribution in [-0.2, 0) is 27.3 Å². The number of hydrogen-bond acceptors (Lipinski definition) is 5. The molecule has 0 radical (unpaired) electrons. The summed E-state index contributed by atoms with van der Waals surface area (Å²) >= 11 is 0. The van der Waals surface area contributed by atoms with Gasteiger partial charge in [0.15, 0.2) is 6.10 Å². The maximum Gasteiger partial charge on any atom is 0.332 e. The van der Waals surface area contributed by atoms with E-state index in [1.165, 1.54) is 0 Å². The largest absolute Gasteiger partial charge is 0.496 e. The van der Waals surface area contributed by atoms with Crippen molar-refractivity contribution in [1.82, 2.24) is 5.32 Å². The first-order valence-electron chi connectivity index (χ1n) is 8.00. The predicted molar refractivity (Wildman–Crippen MR) is 84.2 cm³/mol. The molecule has 2 N–H and O–H groups in total. The summed E-state index contributed by atoms with van der Waals surface area (Å²) in [5.74, 6) is 0.172. The number of methoxy groups -OCH3 is 1. The Morgan fingerprint density at radius 2 is 2.08 bits per heavy atom. The third-order valence-corrected chi connectivity index (χ3v) is 4.34. The van der Waals surface area contributed by atoms with Gasteiger partial charge in [-0.25, -0.2) is 4.79 Å². The van der Waals surface area contributed by atoms with Gasteiger partial charge in [-0.3, -0.25) is 4.79 Å². The number of carboxylic acid groups (broad SMARTS) is 1. The van der Waals surface area contributed by atoms with Gasteiger partial charge in [0, 0.05) is 24.1 Å². The van der Waals surface area contributed by atoms with E-state index in [0.717, 1.165) is 23.3 Å². The van der Waals surface area contributed by atoms with Crippen molar-refractivity contribution in [3.05, 3.63) is 23.3 Å². The zero-order valence-electron chi connectivity index (χ0n) is 13.7. The second kappa shape index (κ2) is 6.68. The van der Waals surface area contributed by atoms with Gasteiger partial charge < -0.3 is 24.6 Å². The van der Waals surface area contributed by atoms with Crippen molar-refractivity contribution in [2.45, 2.75) is 51.0 Å². The van der Waals surface area contributed by atoms with Crippen molar-refractivity contribution in [3.8, 4) is 11.5 Å². The average molecular weight is 335 g/mol. The van der Waals surface area contributed by atoms with Gasteiger partial charge in [0.05, 0.1) is 7.11 Å². The quantitative estimate of drug-likeness (QED) is 0.841. The van der Waals surface area contributed by atoms with Crippen LogP contribution in [0.2, 0.25) is 0 Å². The predicted octanol–water partition coefficient (Wildman–Crippen LogP) is 1.27. The molecular formula is C17H21NO6. The molecule has 7 nitrogen and oxygen atoms in total. The molecule has 0 spiro atoms. The summed E-state index contributed by atoms with van der Waals surface area (Å²) in [4.78, 5) is 23.1. The molecule has 0 aliphatic carbocycles. The summed E-state index contributed by atoms with van der Waals surface area (Å²) in [7, 11) is 1.59. The Morgan fingerprint density at radius 3 is 2.75 bits per heavy atom. The molecule has 130 valence electrons. The lowest BCUT2D eigenvalue weighted by atomic mass is 10.1. The number of benzene rings is 1. The van der Waals surface area contributed by atoms with Crippen LogP contribution in [0.25, 0.3) is 0 Å². The lowest BCUT2D eigenvalue weighted by Crippen LogP contribution is -2.35. The number of carboxylic acids is 1. The molecule has 2 aliphatic heterocycles. The highest BCUT2D eigenvalue weighted by molar-refractivity contribution is 5.82. The van der Waals surface area contributed by atoms with Crippen LogP contribution in [0.5, 0.6) is 11.5 Å². The molecule has 2 heterocycles. The van der Waals surface area contributed by atoms with Crippen LogP contribution >= 0.6 is 0 Å². The van der Waals surface area contributed by atoms with Crippen molar-refractivity contribution in [2.75, 3.05) is 7.11 Å². The van der Waals surface area contributed by atoms with Gasteiger partial charge in [-0.1, -0.05) is 0 Å². The van der Waals surface area contributed by atoms with Gasteiger partial charge in [0.2, 0.25) is 5.91 Å². The van der Waals surface area contributed by atoms with E-state index in [0.29, 0.717) is 18.6 Å². The molecule has 3 rings (SSSR count). The number of fused-ring (bicyclic) bond motifs is 1. The van der Waals surface area contributed by atoms with Gasteiger partial charge >= 0.3 is 5.97 Å². The van der Waals surface area contributed by atoms with Crippen LogP contribution in [-0.4, -0.2) is 42.4 Å². The number of ether oxygens (including phenoxy) is 3. The molecule has 3 atom stereocenters. The lowest BCUT2D eigenvalue weighted by Gasteiger charge is -2.14. The van der Waals surface area contributed by atoms with Crippen molar-refractivity contribution < 1.29 is 28.9 Å². The number of hydrogen-bond donors (Lipinski definition) is 2. The second-order valence-corrected chi connectivity index (χ2v) is 6.15. The maximum absolute atomic E-state index is 12.2.